The number of hydrogen-bond donors (Lipinski definition) is 1. The van der Waals surface area contributed by atoms with Gasteiger partial charge >= 0.3 is 0 Å². The Bertz CT molecular complexity index is 520. The largest absolute Gasteiger partial charge is 0.381 e. The number of rotatable bonds is 2. The van der Waals surface area contributed by atoms with Crippen LogP contribution in [0.15, 0.2) is 27.6 Å². The van der Waals surface area contributed by atoms with E-state index in [2.05, 4.69) is 31.1 Å². The van der Waals surface area contributed by atoms with Gasteiger partial charge in [-0.2, -0.15) is 0 Å². The van der Waals surface area contributed by atoms with Crippen LogP contribution in [0.5, 0.6) is 0 Å². The van der Waals surface area contributed by atoms with Crippen LogP contribution in [-0.4, -0.2) is 11.4 Å². The van der Waals surface area contributed by atoms with Gasteiger partial charge in [0.1, 0.15) is 0 Å². The minimum absolute atomic E-state index is 0.417. The smallest absolute Gasteiger partial charge is 0.170 e. The van der Waals surface area contributed by atoms with Crippen molar-refractivity contribution in [1.29, 1.82) is 0 Å². The van der Waals surface area contributed by atoms with Gasteiger partial charge in [-0.15, -0.1) is 11.8 Å². The van der Waals surface area contributed by atoms with E-state index in [1.54, 1.807) is 17.8 Å². The van der Waals surface area contributed by atoms with E-state index in [1.807, 2.05) is 6.26 Å². The summed E-state index contributed by atoms with van der Waals surface area (Å²) >= 11 is 1.69. The first-order chi connectivity index (χ1) is 7.61. The molecule has 4 heteroatoms. The first kappa shape index (κ1) is 11.1. The van der Waals surface area contributed by atoms with Crippen molar-refractivity contribution in [2.75, 3.05) is 12.0 Å². The average Bonchev–Trinajstić information content (AvgIpc) is 2.68. The molecule has 0 saturated heterocycles. The Hall–Kier alpha value is -1.42. The van der Waals surface area contributed by atoms with Crippen molar-refractivity contribution in [3.8, 4) is 11.3 Å². The highest BCUT2D eigenvalue weighted by molar-refractivity contribution is 7.98. The maximum atomic E-state index is 5.56. The fourth-order valence-electron chi connectivity index (χ4n) is 1.57. The van der Waals surface area contributed by atoms with Gasteiger partial charge in [0.25, 0.3) is 0 Å². The van der Waals surface area contributed by atoms with Crippen molar-refractivity contribution < 1.29 is 4.52 Å². The predicted molar refractivity (Wildman–Crippen MR) is 67.6 cm³/mol. The second kappa shape index (κ2) is 4.22. The number of nitrogens with zero attached hydrogens (tertiary/aromatic N) is 1. The van der Waals surface area contributed by atoms with Crippen LogP contribution in [0, 0.1) is 13.8 Å². The Morgan fingerprint density at radius 3 is 2.44 bits per heavy atom. The zero-order valence-electron chi connectivity index (χ0n) is 9.57. The third-order valence-electron chi connectivity index (χ3n) is 2.61. The number of anilines is 1. The lowest BCUT2D eigenvalue weighted by molar-refractivity contribution is 0.435. The van der Waals surface area contributed by atoms with E-state index in [1.165, 1.54) is 16.0 Å². The molecule has 2 aromatic rings. The molecule has 0 unspecified atom stereocenters. The number of nitrogens with two attached hydrogens (primary N) is 1. The number of aryl methyl sites for hydroxylation is 2. The molecule has 1 heterocycles. The molecule has 3 nitrogen and oxygen atoms in total. The number of hydrogen-bond acceptors (Lipinski definition) is 4. The molecule has 0 bridgehead atoms. The fourth-order valence-corrected chi connectivity index (χ4v) is 2.24. The van der Waals surface area contributed by atoms with Crippen LogP contribution < -0.4 is 5.73 Å². The molecule has 0 spiro atoms. The van der Waals surface area contributed by atoms with Gasteiger partial charge in [-0.25, -0.2) is 0 Å². The lowest BCUT2D eigenvalue weighted by Gasteiger charge is -2.08. The Morgan fingerprint density at radius 2 is 1.88 bits per heavy atom. The molecular weight excluding hydrogens is 220 g/mol. The molecule has 0 aliphatic heterocycles. The zero-order valence-corrected chi connectivity index (χ0v) is 10.4. The van der Waals surface area contributed by atoms with Gasteiger partial charge in [-0.05, 0) is 43.4 Å². The van der Waals surface area contributed by atoms with Crippen LogP contribution >= 0.6 is 11.8 Å². The molecule has 2 rings (SSSR count). The van der Waals surface area contributed by atoms with E-state index in [4.69, 9.17) is 10.3 Å². The Labute approximate surface area is 99.0 Å². The van der Waals surface area contributed by atoms with E-state index < -0.39 is 0 Å². The van der Waals surface area contributed by atoms with Crippen LogP contribution in [-0.2, 0) is 0 Å². The van der Waals surface area contributed by atoms with E-state index >= 15 is 0 Å². The standard InChI is InChI=1S/C12H14N2OS/c1-7-4-9(10-6-12(13)14-15-10)11(16-3)5-8(7)2/h4-6H,1-3H3,(H2,13,14). The maximum absolute atomic E-state index is 5.56. The normalized spacial score (nSPS) is 10.7. The molecule has 0 amide bonds. The second-order valence-corrected chi connectivity index (χ2v) is 4.60. The number of thioether (sulfide) groups is 1. The van der Waals surface area contributed by atoms with E-state index in [0.29, 0.717) is 5.82 Å². The van der Waals surface area contributed by atoms with Gasteiger partial charge in [-0.1, -0.05) is 5.16 Å². The Kier molecular flexibility index (Phi) is 2.92. The van der Waals surface area contributed by atoms with Gasteiger partial charge in [0.05, 0.1) is 0 Å². The van der Waals surface area contributed by atoms with Gasteiger partial charge in [0.15, 0.2) is 11.6 Å². The lowest BCUT2D eigenvalue weighted by atomic mass is 10.0. The Morgan fingerprint density at radius 1 is 1.19 bits per heavy atom. The zero-order chi connectivity index (χ0) is 11.7. The average molecular weight is 234 g/mol. The van der Waals surface area contributed by atoms with E-state index in [-0.39, 0.29) is 0 Å². The van der Waals surface area contributed by atoms with Crippen molar-refractivity contribution in [2.45, 2.75) is 18.7 Å². The van der Waals surface area contributed by atoms with Crippen LogP contribution in [0.1, 0.15) is 11.1 Å². The fraction of sp³-hybridized carbons (Fsp3) is 0.250. The molecule has 84 valence electrons. The summed E-state index contributed by atoms with van der Waals surface area (Å²) in [6.07, 6.45) is 2.05. The lowest BCUT2D eigenvalue weighted by Crippen LogP contribution is -1.87. The van der Waals surface area contributed by atoms with E-state index in [0.717, 1.165) is 11.3 Å². The summed E-state index contributed by atoms with van der Waals surface area (Å²) in [6, 6.07) is 6.03. The van der Waals surface area contributed by atoms with Crippen molar-refractivity contribution >= 4 is 17.6 Å². The maximum Gasteiger partial charge on any atom is 0.170 e. The molecule has 0 radical (unpaired) electrons. The van der Waals surface area contributed by atoms with Crippen molar-refractivity contribution in [1.82, 2.24) is 5.16 Å². The minimum atomic E-state index is 0.417. The van der Waals surface area contributed by atoms with Crippen LogP contribution in [0.4, 0.5) is 5.82 Å². The topological polar surface area (TPSA) is 52.0 Å². The quantitative estimate of drug-likeness (QED) is 0.810. The summed E-state index contributed by atoms with van der Waals surface area (Å²) in [4.78, 5) is 1.18. The molecule has 0 atom stereocenters. The molecule has 2 N–H and O–H groups in total. The third kappa shape index (κ3) is 1.93. The number of aromatic nitrogens is 1. The number of nitrogen functional groups attached to an aromatic ring is 1. The minimum Gasteiger partial charge on any atom is -0.381 e. The van der Waals surface area contributed by atoms with Crippen molar-refractivity contribution in [3.63, 3.8) is 0 Å². The summed E-state index contributed by atoms with van der Waals surface area (Å²) in [5.74, 6) is 1.14. The molecule has 1 aromatic carbocycles. The van der Waals surface area contributed by atoms with Crippen LogP contribution in [0.25, 0.3) is 11.3 Å². The molecule has 0 fully saturated rings. The monoisotopic (exact) mass is 234 g/mol. The van der Waals surface area contributed by atoms with Crippen LogP contribution in [0.3, 0.4) is 0 Å². The molecule has 0 aliphatic carbocycles. The van der Waals surface area contributed by atoms with Crippen LogP contribution in [0.2, 0.25) is 0 Å². The summed E-state index contributed by atoms with van der Waals surface area (Å²) in [5, 5.41) is 3.71. The predicted octanol–water partition coefficient (Wildman–Crippen LogP) is 3.26. The SMILES string of the molecule is CSc1cc(C)c(C)cc1-c1cc(N)no1. The molecular formula is C12H14N2OS. The molecule has 0 aliphatic rings. The molecule has 16 heavy (non-hydrogen) atoms. The first-order valence-corrected chi connectivity index (χ1v) is 6.22. The number of benzene rings is 1. The van der Waals surface area contributed by atoms with Crippen molar-refractivity contribution in [2.24, 2.45) is 0 Å². The highest BCUT2D eigenvalue weighted by Gasteiger charge is 2.11. The highest BCUT2D eigenvalue weighted by atomic mass is 32.2. The van der Waals surface area contributed by atoms with Crippen molar-refractivity contribution in [3.05, 3.63) is 29.3 Å². The van der Waals surface area contributed by atoms with Gasteiger partial charge in [-0.3, -0.25) is 0 Å². The van der Waals surface area contributed by atoms with Gasteiger partial charge in [0.2, 0.25) is 0 Å². The summed E-state index contributed by atoms with van der Waals surface area (Å²) in [6.45, 7) is 4.19. The second-order valence-electron chi connectivity index (χ2n) is 3.75. The van der Waals surface area contributed by atoms with Gasteiger partial charge < -0.3 is 10.3 Å². The summed E-state index contributed by atoms with van der Waals surface area (Å²) in [7, 11) is 0. The molecule has 1 aromatic heterocycles. The summed E-state index contributed by atoms with van der Waals surface area (Å²) < 4.78 is 5.20. The third-order valence-corrected chi connectivity index (χ3v) is 3.39. The first-order valence-electron chi connectivity index (χ1n) is 4.99. The highest BCUT2D eigenvalue weighted by Crippen LogP contribution is 2.33. The molecule has 0 saturated carbocycles. The summed E-state index contributed by atoms with van der Waals surface area (Å²) in [5.41, 5.74) is 9.14. The van der Waals surface area contributed by atoms with Gasteiger partial charge in [0, 0.05) is 16.5 Å². The van der Waals surface area contributed by atoms with E-state index in [9.17, 15) is 0 Å². The Balaban J connectivity index is 2.59.